The summed E-state index contributed by atoms with van der Waals surface area (Å²) < 4.78 is 151. The van der Waals surface area contributed by atoms with E-state index in [1.54, 1.807) is 9.80 Å². The van der Waals surface area contributed by atoms with Crippen LogP contribution in [0.2, 0.25) is 0 Å². The van der Waals surface area contributed by atoms with Gasteiger partial charge in [-0.25, -0.2) is 9.97 Å². The molecule has 2 aromatic heterocycles. The van der Waals surface area contributed by atoms with Crippen LogP contribution in [0.15, 0.2) is 70.8 Å². The lowest BCUT2D eigenvalue weighted by Crippen LogP contribution is -2.46. The van der Waals surface area contributed by atoms with Gasteiger partial charge in [0.1, 0.15) is 11.6 Å². The first-order chi connectivity index (χ1) is 26.6. The van der Waals surface area contributed by atoms with E-state index in [-0.39, 0.29) is 42.1 Å². The average Bonchev–Trinajstić information content (AvgIpc) is 3.14. The molecule has 2 aromatic carbocycles. The van der Waals surface area contributed by atoms with Gasteiger partial charge >= 0.3 is 24.7 Å². The molecule has 6 rings (SSSR count). The van der Waals surface area contributed by atoms with Crippen LogP contribution in [-0.4, -0.2) is 83.5 Å². The minimum atomic E-state index is -4.85. The molecule has 11 nitrogen and oxygen atoms in total. The van der Waals surface area contributed by atoms with Crippen molar-refractivity contribution in [2.45, 2.75) is 31.2 Å². The van der Waals surface area contributed by atoms with Crippen LogP contribution in [0.3, 0.4) is 0 Å². The highest BCUT2D eigenvalue weighted by molar-refractivity contribution is 5.78. The van der Waals surface area contributed by atoms with E-state index in [9.17, 15) is 67.1 Å². The molecule has 3 N–H and O–H groups in total. The molecule has 4 aromatic rings. The Morgan fingerprint density at radius 3 is 1.47 bits per heavy atom. The predicted molar refractivity (Wildman–Crippen MR) is 181 cm³/mol. The zero-order chi connectivity index (χ0) is 42.2. The van der Waals surface area contributed by atoms with Gasteiger partial charge in [-0.3, -0.25) is 19.3 Å². The molecule has 0 saturated carbocycles. The largest absolute Gasteiger partial charge is 0.417 e. The van der Waals surface area contributed by atoms with Gasteiger partial charge in [-0.2, -0.15) is 52.7 Å². The van der Waals surface area contributed by atoms with Crippen molar-refractivity contribution < 1.29 is 57.5 Å². The van der Waals surface area contributed by atoms with Crippen LogP contribution >= 0.6 is 0 Å². The second-order valence-electron chi connectivity index (χ2n) is 12.3. The minimum Gasteiger partial charge on any atom is -0.354 e. The Labute approximate surface area is 314 Å². The molecule has 310 valence electrons. The molecule has 0 unspecified atom stereocenters. The number of halogens is 12. The number of rotatable bonds is 5. The Hall–Kier alpha value is -5.45. The molecule has 4 heterocycles. The number of carbonyl (C=O) groups excluding carboxylic acids is 1. The number of anilines is 2. The number of hydrogen-bond acceptors (Lipinski definition) is 9. The number of alkyl halides is 12. The van der Waals surface area contributed by atoms with Crippen molar-refractivity contribution in [3.63, 3.8) is 0 Å². The number of H-pyrrole nitrogens is 2. The fourth-order valence-corrected chi connectivity index (χ4v) is 5.60. The minimum absolute atomic E-state index is 0.0940. The van der Waals surface area contributed by atoms with E-state index in [0.717, 1.165) is 32.0 Å². The molecule has 2 fully saturated rings. The van der Waals surface area contributed by atoms with Crippen molar-refractivity contribution in [1.29, 1.82) is 0 Å². The highest BCUT2D eigenvalue weighted by Crippen LogP contribution is 2.38. The van der Waals surface area contributed by atoms with Crippen LogP contribution < -0.4 is 26.2 Å². The summed E-state index contributed by atoms with van der Waals surface area (Å²) >= 11 is 0. The molecule has 0 spiro atoms. The van der Waals surface area contributed by atoms with Crippen molar-refractivity contribution in [2.75, 3.05) is 62.2 Å². The SMILES string of the molecule is O=Cc1cc(C(F)(F)F)ccc1C(F)(F)F.O=c1cc(N2CCN(Cc3cc(C(F)(F)F)ccc3C(F)(F)F)CC2)nc[nH]1.O=c1cc(N2CCNCC2)nc[nH]1. The Bertz CT molecular complexity index is 2070. The zero-order valence-electron chi connectivity index (χ0n) is 29.2. The van der Waals surface area contributed by atoms with Crippen molar-refractivity contribution in [1.82, 2.24) is 30.2 Å². The summed E-state index contributed by atoms with van der Waals surface area (Å²) in [5.41, 5.74) is -6.71. The van der Waals surface area contributed by atoms with E-state index in [0.29, 0.717) is 50.2 Å². The number of aldehydes is 1. The van der Waals surface area contributed by atoms with Gasteiger partial charge in [-0.1, -0.05) is 0 Å². The van der Waals surface area contributed by atoms with Gasteiger partial charge in [0.2, 0.25) is 0 Å². The van der Waals surface area contributed by atoms with Gasteiger partial charge in [0.25, 0.3) is 11.1 Å². The van der Waals surface area contributed by atoms with Crippen LogP contribution in [0.1, 0.15) is 38.2 Å². The summed E-state index contributed by atoms with van der Waals surface area (Å²) in [6.07, 6.45) is -16.6. The first-order valence-corrected chi connectivity index (χ1v) is 16.6. The van der Waals surface area contributed by atoms with E-state index < -0.39 is 58.1 Å². The molecule has 2 aliphatic heterocycles. The molecule has 0 amide bonds. The normalized spacial score (nSPS) is 15.6. The van der Waals surface area contributed by atoms with E-state index in [1.807, 2.05) is 0 Å². The Kier molecular flexibility index (Phi) is 14.1. The van der Waals surface area contributed by atoms with Gasteiger partial charge in [0.15, 0.2) is 6.29 Å². The average molecular weight is 829 g/mol. The lowest BCUT2D eigenvalue weighted by Gasteiger charge is -2.35. The highest BCUT2D eigenvalue weighted by atomic mass is 19.4. The maximum Gasteiger partial charge on any atom is 0.417 e. The van der Waals surface area contributed by atoms with E-state index in [1.165, 1.54) is 24.8 Å². The quantitative estimate of drug-likeness (QED) is 0.168. The molecule has 57 heavy (non-hydrogen) atoms. The topological polar surface area (TPSA) is 130 Å². The second-order valence-corrected chi connectivity index (χ2v) is 12.3. The summed E-state index contributed by atoms with van der Waals surface area (Å²) in [6, 6.07) is 5.04. The Balaban J connectivity index is 0.000000209. The molecular weight excluding hydrogens is 796 g/mol. The van der Waals surface area contributed by atoms with Gasteiger partial charge in [-0.05, 0) is 42.0 Å². The number of carbonyl (C=O) groups is 1. The van der Waals surface area contributed by atoms with Gasteiger partial charge in [0, 0.05) is 76.6 Å². The molecule has 2 saturated heterocycles. The molecule has 0 aliphatic carbocycles. The fourth-order valence-electron chi connectivity index (χ4n) is 5.60. The van der Waals surface area contributed by atoms with E-state index in [2.05, 4.69) is 30.2 Å². The van der Waals surface area contributed by atoms with E-state index in [4.69, 9.17) is 0 Å². The first-order valence-electron chi connectivity index (χ1n) is 16.6. The third-order valence-corrected chi connectivity index (χ3v) is 8.41. The van der Waals surface area contributed by atoms with Crippen molar-refractivity contribution in [2.24, 2.45) is 0 Å². The number of benzene rings is 2. The van der Waals surface area contributed by atoms with Gasteiger partial charge in [0.05, 0.1) is 34.9 Å². The van der Waals surface area contributed by atoms with Crippen molar-refractivity contribution in [3.05, 3.63) is 115 Å². The number of nitrogens with zero attached hydrogens (tertiary/aromatic N) is 5. The Morgan fingerprint density at radius 2 is 1.04 bits per heavy atom. The number of hydrogen-bond donors (Lipinski definition) is 3. The van der Waals surface area contributed by atoms with Crippen LogP contribution in [0.5, 0.6) is 0 Å². The fraction of sp³-hybridized carbons (Fsp3) is 0.382. The Morgan fingerprint density at radius 1 is 0.579 bits per heavy atom. The third-order valence-electron chi connectivity index (χ3n) is 8.41. The van der Waals surface area contributed by atoms with Crippen molar-refractivity contribution in [3.8, 4) is 0 Å². The molecule has 23 heteroatoms. The molecule has 0 atom stereocenters. The molecule has 0 bridgehead atoms. The summed E-state index contributed by atoms with van der Waals surface area (Å²) in [5, 5.41) is 3.24. The summed E-state index contributed by atoms with van der Waals surface area (Å²) in [7, 11) is 0. The van der Waals surface area contributed by atoms with Gasteiger partial charge < -0.3 is 25.1 Å². The number of aromatic amines is 2. The molecule has 2 aliphatic rings. The predicted octanol–water partition coefficient (Wildman–Crippen LogP) is 5.85. The van der Waals surface area contributed by atoms with Crippen LogP contribution in [0.25, 0.3) is 0 Å². The van der Waals surface area contributed by atoms with E-state index >= 15 is 0 Å². The smallest absolute Gasteiger partial charge is 0.354 e. The maximum atomic E-state index is 13.2. The lowest BCUT2D eigenvalue weighted by molar-refractivity contribution is -0.142. The van der Waals surface area contributed by atoms with Crippen LogP contribution in [-0.2, 0) is 31.2 Å². The van der Waals surface area contributed by atoms with Gasteiger partial charge in [-0.15, -0.1) is 0 Å². The first kappa shape index (κ1) is 44.3. The number of piperazine rings is 2. The maximum absolute atomic E-state index is 13.2. The summed E-state index contributed by atoms with van der Waals surface area (Å²) in [6.45, 7) is 4.89. The standard InChI is InChI=1S/C17H16F6N4O.C9H4F6O.C8H12N4O/c18-16(19,20)12-1-2-13(17(21,22)23)11(7-12)9-26-3-5-27(6-4-26)14-8-15(28)25-10-24-14;10-8(11,12)6-1-2-7(9(13,14)15)5(3-6)4-16;13-8-5-7(10-6-11-8)12-3-1-9-2-4-12/h1-2,7-8,10H,3-6,9H2,(H,24,25,28);1-4H;5-6,9H,1-4H2,(H,10,11,13). The summed E-state index contributed by atoms with van der Waals surface area (Å²) in [4.78, 5) is 51.2. The molecule has 0 radical (unpaired) electrons. The van der Waals surface area contributed by atoms with Crippen molar-refractivity contribution >= 4 is 17.9 Å². The van der Waals surface area contributed by atoms with Crippen LogP contribution in [0.4, 0.5) is 64.3 Å². The highest BCUT2D eigenvalue weighted by Gasteiger charge is 2.38. The molecular formula is C34H32F12N8O3. The lowest BCUT2D eigenvalue weighted by atomic mass is 10.0. The zero-order valence-corrected chi connectivity index (χ0v) is 29.2. The van der Waals surface area contributed by atoms with Crippen LogP contribution in [0, 0.1) is 0 Å². The summed E-state index contributed by atoms with van der Waals surface area (Å²) in [5.74, 6) is 1.21. The number of aromatic nitrogens is 4. The monoisotopic (exact) mass is 828 g/mol. The third kappa shape index (κ3) is 12.8. The number of nitrogens with one attached hydrogen (secondary N) is 3. The second kappa shape index (κ2) is 18.2.